The Morgan fingerprint density at radius 2 is 2.00 bits per heavy atom. The fourth-order valence-electron chi connectivity index (χ4n) is 1.84. The third-order valence-electron chi connectivity index (χ3n) is 2.76. The monoisotopic (exact) mass is 245 g/mol. The van der Waals surface area contributed by atoms with Crippen LogP contribution < -0.4 is 5.32 Å². The minimum absolute atomic E-state index is 0.229. The van der Waals surface area contributed by atoms with Crippen LogP contribution in [0.2, 0.25) is 0 Å². The van der Waals surface area contributed by atoms with E-state index in [-0.39, 0.29) is 12.2 Å². The zero-order chi connectivity index (χ0) is 12.5. The summed E-state index contributed by atoms with van der Waals surface area (Å²) in [6.45, 7) is 10.2. The van der Waals surface area contributed by atoms with Gasteiger partial charge in [-0.2, -0.15) is 0 Å². The molecule has 0 spiro atoms. The van der Waals surface area contributed by atoms with E-state index >= 15 is 0 Å². The fourth-order valence-corrected chi connectivity index (χ4v) is 1.84. The molecule has 0 aromatic carbocycles. The zero-order valence-corrected chi connectivity index (χ0v) is 11.4. The summed E-state index contributed by atoms with van der Waals surface area (Å²) >= 11 is 0. The van der Waals surface area contributed by atoms with Crippen LogP contribution >= 0.6 is 0 Å². The van der Waals surface area contributed by atoms with E-state index in [2.05, 4.69) is 12.2 Å². The summed E-state index contributed by atoms with van der Waals surface area (Å²) in [4.78, 5) is 0. The van der Waals surface area contributed by atoms with Gasteiger partial charge in [0.1, 0.15) is 0 Å². The van der Waals surface area contributed by atoms with Crippen LogP contribution in [0.1, 0.15) is 33.6 Å². The second-order valence-corrected chi connectivity index (χ2v) is 4.89. The van der Waals surface area contributed by atoms with Crippen LogP contribution in [0, 0.1) is 0 Å². The molecule has 0 radical (unpaired) electrons. The molecular weight excluding hydrogens is 218 g/mol. The number of hydrogen-bond acceptors (Lipinski definition) is 4. The molecule has 2 unspecified atom stereocenters. The molecule has 1 fully saturated rings. The summed E-state index contributed by atoms with van der Waals surface area (Å²) < 4.78 is 16.6. The van der Waals surface area contributed by atoms with Gasteiger partial charge in [-0.05, 0) is 33.6 Å². The van der Waals surface area contributed by atoms with Gasteiger partial charge in [0.2, 0.25) is 0 Å². The van der Waals surface area contributed by atoms with Gasteiger partial charge < -0.3 is 19.5 Å². The first kappa shape index (κ1) is 14.9. The first-order valence-corrected chi connectivity index (χ1v) is 6.74. The molecule has 0 amide bonds. The average molecular weight is 245 g/mol. The normalized spacial score (nSPS) is 22.2. The second kappa shape index (κ2) is 8.86. The minimum Gasteiger partial charge on any atom is -0.377 e. The Morgan fingerprint density at radius 1 is 1.24 bits per heavy atom. The van der Waals surface area contributed by atoms with Gasteiger partial charge in [-0.15, -0.1) is 0 Å². The number of nitrogens with one attached hydrogen (secondary N) is 1. The molecule has 1 N–H and O–H groups in total. The van der Waals surface area contributed by atoms with Crippen LogP contribution in [0.5, 0.6) is 0 Å². The van der Waals surface area contributed by atoms with Crippen molar-refractivity contribution in [3.05, 3.63) is 0 Å². The second-order valence-electron chi connectivity index (χ2n) is 4.89. The summed E-state index contributed by atoms with van der Waals surface area (Å²) in [7, 11) is 0. The number of hydrogen-bond donors (Lipinski definition) is 1. The van der Waals surface area contributed by atoms with Gasteiger partial charge in [-0.3, -0.25) is 0 Å². The van der Waals surface area contributed by atoms with Gasteiger partial charge in [0, 0.05) is 19.7 Å². The lowest BCUT2D eigenvalue weighted by atomic mass is 10.2. The van der Waals surface area contributed by atoms with Crippen molar-refractivity contribution in [2.24, 2.45) is 0 Å². The minimum atomic E-state index is 0.229. The third-order valence-corrected chi connectivity index (χ3v) is 2.76. The van der Waals surface area contributed by atoms with Gasteiger partial charge in [0.05, 0.1) is 31.5 Å². The Bertz CT molecular complexity index is 182. The molecule has 1 saturated heterocycles. The highest BCUT2D eigenvalue weighted by atomic mass is 16.5. The predicted octanol–water partition coefficient (Wildman–Crippen LogP) is 1.59. The first-order chi connectivity index (χ1) is 8.18. The van der Waals surface area contributed by atoms with Crippen LogP contribution in [0.15, 0.2) is 0 Å². The third kappa shape index (κ3) is 7.71. The summed E-state index contributed by atoms with van der Waals surface area (Å²) in [5, 5.41) is 3.39. The van der Waals surface area contributed by atoms with Crippen molar-refractivity contribution in [3.63, 3.8) is 0 Å². The van der Waals surface area contributed by atoms with Crippen LogP contribution in [0.3, 0.4) is 0 Å². The van der Waals surface area contributed by atoms with Crippen LogP contribution in [-0.2, 0) is 14.2 Å². The van der Waals surface area contributed by atoms with Crippen molar-refractivity contribution in [1.82, 2.24) is 5.32 Å². The van der Waals surface area contributed by atoms with Gasteiger partial charge in [-0.25, -0.2) is 0 Å². The molecule has 1 heterocycles. The molecule has 0 aromatic heterocycles. The molecular formula is C13H27NO3. The zero-order valence-electron chi connectivity index (χ0n) is 11.4. The van der Waals surface area contributed by atoms with Gasteiger partial charge in [-0.1, -0.05) is 0 Å². The molecule has 0 bridgehead atoms. The molecule has 2 atom stereocenters. The smallest absolute Gasteiger partial charge is 0.0704 e. The van der Waals surface area contributed by atoms with E-state index in [0.29, 0.717) is 19.3 Å². The molecule has 17 heavy (non-hydrogen) atoms. The van der Waals surface area contributed by atoms with E-state index in [1.165, 1.54) is 12.8 Å². The van der Waals surface area contributed by atoms with Crippen molar-refractivity contribution >= 4 is 0 Å². The molecule has 1 aliphatic rings. The van der Waals surface area contributed by atoms with Crippen molar-refractivity contribution in [2.75, 3.05) is 32.9 Å². The van der Waals surface area contributed by atoms with Crippen LogP contribution in [0.25, 0.3) is 0 Å². The summed E-state index contributed by atoms with van der Waals surface area (Å²) in [6, 6.07) is 0. The first-order valence-electron chi connectivity index (χ1n) is 6.74. The standard InChI is InChI=1S/C13H27NO3/c1-11(2)15-7-8-16-12(3)9-14-10-13-5-4-6-17-13/h11-14H,4-10H2,1-3H3. The van der Waals surface area contributed by atoms with E-state index in [4.69, 9.17) is 14.2 Å². The van der Waals surface area contributed by atoms with Crippen LogP contribution in [0.4, 0.5) is 0 Å². The Hall–Kier alpha value is -0.160. The SMILES string of the molecule is CC(C)OCCOC(C)CNCC1CCCO1. The molecule has 102 valence electrons. The lowest BCUT2D eigenvalue weighted by molar-refractivity contribution is -0.00697. The predicted molar refractivity (Wildman–Crippen MR) is 68.3 cm³/mol. The highest BCUT2D eigenvalue weighted by Crippen LogP contribution is 2.10. The Morgan fingerprint density at radius 3 is 2.65 bits per heavy atom. The summed E-state index contributed by atoms with van der Waals surface area (Å²) in [5.41, 5.74) is 0. The molecule has 1 aliphatic heterocycles. The maximum atomic E-state index is 5.63. The van der Waals surface area contributed by atoms with Crippen molar-refractivity contribution in [1.29, 1.82) is 0 Å². The van der Waals surface area contributed by atoms with E-state index in [1.807, 2.05) is 13.8 Å². The van der Waals surface area contributed by atoms with E-state index in [1.54, 1.807) is 0 Å². The van der Waals surface area contributed by atoms with Gasteiger partial charge in [0.15, 0.2) is 0 Å². The quantitative estimate of drug-likeness (QED) is 0.626. The highest BCUT2D eigenvalue weighted by molar-refractivity contribution is 4.68. The topological polar surface area (TPSA) is 39.7 Å². The lowest BCUT2D eigenvalue weighted by Crippen LogP contribution is -2.33. The van der Waals surface area contributed by atoms with E-state index < -0.39 is 0 Å². The Balaban J connectivity index is 1.88. The summed E-state index contributed by atoms with van der Waals surface area (Å²) in [6.07, 6.45) is 3.31. The van der Waals surface area contributed by atoms with Crippen LogP contribution in [-0.4, -0.2) is 51.2 Å². The van der Waals surface area contributed by atoms with E-state index in [9.17, 15) is 0 Å². The maximum Gasteiger partial charge on any atom is 0.0704 e. The molecule has 0 aromatic rings. The van der Waals surface area contributed by atoms with Crippen molar-refractivity contribution in [2.45, 2.75) is 51.9 Å². The fraction of sp³-hybridized carbons (Fsp3) is 1.00. The molecule has 4 heteroatoms. The molecule has 0 aliphatic carbocycles. The molecule has 1 rings (SSSR count). The van der Waals surface area contributed by atoms with E-state index in [0.717, 1.165) is 19.7 Å². The van der Waals surface area contributed by atoms with Gasteiger partial charge >= 0.3 is 0 Å². The lowest BCUT2D eigenvalue weighted by Gasteiger charge is -2.16. The largest absolute Gasteiger partial charge is 0.377 e. The Labute approximate surface area is 105 Å². The van der Waals surface area contributed by atoms with Crippen molar-refractivity contribution in [3.8, 4) is 0 Å². The molecule has 0 saturated carbocycles. The maximum absolute atomic E-state index is 5.63. The van der Waals surface area contributed by atoms with Gasteiger partial charge in [0.25, 0.3) is 0 Å². The Kier molecular flexibility index (Phi) is 7.77. The number of rotatable bonds is 9. The average Bonchev–Trinajstić information content (AvgIpc) is 2.77. The molecule has 4 nitrogen and oxygen atoms in total. The summed E-state index contributed by atoms with van der Waals surface area (Å²) in [5.74, 6) is 0. The van der Waals surface area contributed by atoms with Crippen molar-refractivity contribution < 1.29 is 14.2 Å². The highest BCUT2D eigenvalue weighted by Gasteiger charge is 2.14. The number of ether oxygens (including phenoxy) is 3.